The van der Waals surface area contributed by atoms with Gasteiger partial charge in [0.15, 0.2) is 6.29 Å². The minimum atomic E-state index is -5.10. The van der Waals surface area contributed by atoms with Gasteiger partial charge in [0, 0.05) is 0 Å². The van der Waals surface area contributed by atoms with Gasteiger partial charge in [-0.15, -0.1) is 0 Å². The Bertz CT molecular complexity index is 1020. The van der Waals surface area contributed by atoms with E-state index in [1.807, 2.05) is 0 Å². The predicted octanol–water partition coefficient (Wildman–Crippen LogP) is 5.40. The van der Waals surface area contributed by atoms with E-state index in [2.05, 4.69) is 35.5 Å². The Hall–Kier alpha value is -1.20. The lowest BCUT2D eigenvalue weighted by atomic mass is 9.99. The smallest absolute Gasteiger partial charge is 0.394 e. The molecule has 1 amide bonds. The van der Waals surface area contributed by atoms with E-state index in [1.54, 1.807) is 0 Å². The highest BCUT2D eigenvalue weighted by Crippen LogP contribution is 2.26. The molecule has 52 heavy (non-hydrogen) atoms. The molecule has 1 heterocycles. The lowest BCUT2D eigenvalue weighted by Crippen LogP contribution is -2.61. The van der Waals surface area contributed by atoms with Crippen LogP contribution in [0.4, 0.5) is 0 Å². The Morgan fingerprint density at radius 1 is 0.750 bits per heavy atom. The van der Waals surface area contributed by atoms with Crippen LogP contribution in [0.5, 0.6) is 0 Å². The van der Waals surface area contributed by atoms with E-state index >= 15 is 0 Å². The lowest BCUT2D eigenvalue weighted by Gasteiger charge is -2.41. The molecule has 1 saturated heterocycles. The fourth-order valence-corrected chi connectivity index (χ4v) is 6.91. The van der Waals surface area contributed by atoms with E-state index in [1.165, 1.54) is 44.9 Å². The van der Waals surface area contributed by atoms with Gasteiger partial charge in [0.25, 0.3) is 0 Å². The zero-order valence-corrected chi connectivity index (χ0v) is 32.8. The highest BCUT2D eigenvalue weighted by Gasteiger charge is 2.48. The lowest BCUT2D eigenvalue weighted by molar-refractivity contribution is -0.298. The molecule has 1 aliphatic heterocycles. The number of hydrogen-bond acceptors (Lipinski definition) is 11. The molecule has 1 fully saturated rings. The van der Waals surface area contributed by atoms with Crippen molar-refractivity contribution in [3.8, 4) is 0 Å². The Morgan fingerprint density at radius 2 is 1.23 bits per heavy atom. The summed E-state index contributed by atoms with van der Waals surface area (Å²) in [6, 6.07) is -1.03. The van der Waals surface area contributed by atoms with Crippen molar-refractivity contribution >= 4 is 16.3 Å². The maximum atomic E-state index is 13.0. The number of amides is 1. The number of allylic oxidation sites excluding steroid dienone is 2. The summed E-state index contributed by atoms with van der Waals surface area (Å²) >= 11 is 0. The monoisotopic (exact) mass is 767 g/mol. The number of unbranched alkanes of at least 4 members (excludes halogenated alkanes) is 18. The third-order valence-corrected chi connectivity index (χ3v) is 10.1. The molecular weight excluding hydrogens is 694 g/mol. The number of ether oxygens (including phenoxy) is 2. The molecule has 7 N–H and O–H groups in total. The SMILES string of the molecule is CCCCCCCC/C=C\CCCCCCCCC(O)C(=O)NC(COC1OC(CO)C(O)C(OS(=O)(=O)O)C1O)C(O)CCCCCCCCC. The van der Waals surface area contributed by atoms with E-state index in [0.29, 0.717) is 19.3 Å². The summed E-state index contributed by atoms with van der Waals surface area (Å²) in [6.07, 6.45) is 17.3. The average Bonchev–Trinajstić information content (AvgIpc) is 3.11. The van der Waals surface area contributed by atoms with Gasteiger partial charge in [0.05, 0.1) is 25.4 Å². The highest BCUT2D eigenvalue weighted by atomic mass is 32.3. The maximum absolute atomic E-state index is 13.0. The second-order valence-corrected chi connectivity index (χ2v) is 15.4. The van der Waals surface area contributed by atoms with Crippen molar-refractivity contribution in [2.24, 2.45) is 0 Å². The largest absolute Gasteiger partial charge is 0.397 e. The summed E-state index contributed by atoms with van der Waals surface area (Å²) in [6.45, 7) is 3.18. The maximum Gasteiger partial charge on any atom is 0.397 e. The molecule has 1 aliphatic rings. The van der Waals surface area contributed by atoms with Crippen LogP contribution in [0, 0.1) is 0 Å². The quantitative estimate of drug-likeness (QED) is 0.0254. The van der Waals surface area contributed by atoms with Crippen LogP contribution in [0.3, 0.4) is 0 Å². The first-order chi connectivity index (χ1) is 24.9. The summed E-state index contributed by atoms with van der Waals surface area (Å²) in [4.78, 5) is 13.0. The van der Waals surface area contributed by atoms with Crippen LogP contribution in [0.2, 0.25) is 0 Å². The Kier molecular flexibility index (Phi) is 28.2. The van der Waals surface area contributed by atoms with Crippen molar-refractivity contribution < 1.29 is 57.0 Å². The molecular formula is C38H73NO12S. The minimum Gasteiger partial charge on any atom is -0.394 e. The number of carbonyl (C=O) groups is 1. The number of nitrogens with one attached hydrogen (secondary N) is 1. The van der Waals surface area contributed by atoms with E-state index in [-0.39, 0.29) is 6.42 Å². The van der Waals surface area contributed by atoms with Crippen molar-refractivity contribution in [3.63, 3.8) is 0 Å². The van der Waals surface area contributed by atoms with Gasteiger partial charge >= 0.3 is 10.4 Å². The average molecular weight is 768 g/mol. The van der Waals surface area contributed by atoms with Crippen molar-refractivity contribution in [2.75, 3.05) is 13.2 Å². The molecule has 0 bridgehead atoms. The Morgan fingerprint density at radius 3 is 1.73 bits per heavy atom. The van der Waals surface area contributed by atoms with Gasteiger partial charge < -0.3 is 40.3 Å². The first-order valence-electron chi connectivity index (χ1n) is 20.2. The molecule has 308 valence electrons. The Labute approximate surface area is 313 Å². The molecule has 13 nitrogen and oxygen atoms in total. The second kappa shape index (κ2) is 30.1. The van der Waals surface area contributed by atoms with Gasteiger partial charge in [-0.1, -0.05) is 135 Å². The van der Waals surface area contributed by atoms with E-state index in [4.69, 9.17) is 14.0 Å². The molecule has 0 aromatic heterocycles. The fraction of sp³-hybridized carbons (Fsp3) is 0.921. The standard InChI is InChI=1S/C38H73NO12S/c1-3-5-7-9-11-12-13-14-15-16-17-18-19-21-23-25-27-32(42)37(45)39-30(31(41)26-24-22-20-10-8-6-4-2)29-49-38-35(44)36(51-52(46,47)48)34(43)33(28-40)50-38/h14-15,30-36,38,40-44H,3-13,16-29H2,1-2H3,(H,39,45)(H,46,47,48)/b15-14-. The van der Waals surface area contributed by atoms with Crippen LogP contribution < -0.4 is 5.32 Å². The molecule has 0 aromatic carbocycles. The van der Waals surface area contributed by atoms with E-state index in [9.17, 15) is 38.7 Å². The minimum absolute atomic E-state index is 0.254. The Balaban J connectivity index is 2.57. The zero-order chi connectivity index (χ0) is 38.6. The van der Waals surface area contributed by atoms with Crippen molar-refractivity contribution in [3.05, 3.63) is 12.2 Å². The van der Waals surface area contributed by atoms with Gasteiger partial charge in [-0.05, 0) is 38.5 Å². The number of hydrogen-bond donors (Lipinski definition) is 7. The van der Waals surface area contributed by atoms with Crippen LogP contribution in [0.15, 0.2) is 12.2 Å². The third kappa shape index (κ3) is 22.9. The van der Waals surface area contributed by atoms with Crippen LogP contribution in [-0.4, -0.2) is 107 Å². The second-order valence-electron chi connectivity index (χ2n) is 14.4. The first-order valence-corrected chi connectivity index (χ1v) is 21.5. The highest BCUT2D eigenvalue weighted by molar-refractivity contribution is 7.80. The number of aliphatic hydroxyl groups excluding tert-OH is 5. The van der Waals surface area contributed by atoms with Crippen molar-refractivity contribution in [2.45, 2.75) is 210 Å². The van der Waals surface area contributed by atoms with E-state index in [0.717, 1.165) is 77.0 Å². The van der Waals surface area contributed by atoms with Gasteiger partial charge in [-0.3, -0.25) is 9.35 Å². The van der Waals surface area contributed by atoms with Gasteiger partial charge in [0.1, 0.15) is 30.5 Å². The molecule has 0 saturated carbocycles. The molecule has 8 unspecified atom stereocenters. The first kappa shape index (κ1) is 48.8. The summed E-state index contributed by atoms with van der Waals surface area (Å²) in [5.41, 5.74) is 0. The molecule has 1 rings (SSSR count). The molecule has 14 heteroatoms. The van der Waals surface area contributed by atoms with Gasteiger partial charge in [-0.25, -0.2) is 4.18 Å². The van der Waals surface area contributed by atoms with Gasteiger partial charge in [0.2, 0.25) is 5.91 Å². The van der Waals surface area contributed by atoms with E-state index < -0.39 is 78.5 Å². The summed E-state index contributed by atoms with van der Waals surface area (Å²) < 4.78 is 47.2. The summed E-state index contributed by atoms with van der Waals surface area (Å²) in [7, 11) is -5.10. The number of aliphatic hydroxyl groups is 5. The van der Waals surface area contributed by atoms with Crippen LogP contribution in [0.1, 0.15) is 162 Å². The molecule has 0 radical (unpaired) electrons. The zero-order valence-electron chi connectivity index (χ0n) is 32.0. The topological polar surface area (TPSA) is 212 Å². The fourth-order valence-electron chi connectivity index (χ4n) is 6.40. The van der Waals surface area contributed by atoms with Crippen LogP contribution in [-0.2, 0) is 28.9 Å². The van der Waals surface area contributed by atoms with Crippen molar-refractivity contribution in [1.29, 1.82) is 0 Å². The molecule has 0 aliphatic carbocycles. The summed E-state index contributed by atoms with van der Waals surface area (Å²) in [5.74, 6) is -0.679. The summed E-state index contributed by atoms with van der Waals surface area (Å²) in [5, 5.41) is 54.9. The normalized spacial score (nSPS) is 22.8. The molecule has 0 aromatic rings. The molecule has 0 spiro atoms. The van der Waals surface area contributed by atoms with Crippen LogP contribution in [0.25, 0.3) is 0 Å². The van der Waals surface area contributed by atoms with Crippen LogP contribution >= 0.6 is 0 Å². The van der Waals surface area contributed by atoms with Gasteiger partial charge in [-0.2, -0.15) is 8.42 Å². The molecule has 8 atom stereocenters. The third-order valence-electron chi connectivity index (χ3n) is 9.68. The van der Waals surface area contributed by atoms with Crippen molar-refractivity contribution in [1.82, 2.24) is 5.32 Å². The number of carbonyl (C=O) groups excluding carboxylic acids is 1. The number of rotatable bonds is 33. The predicted molar refractivity (Wildman–Crippen MR) is 201 cm³/mol.